The van der Waals surface area contributed by atoms with Crippen molar-refractivity contribution in [3.8, 4) is 34.4 Å². The van der Waals surface area contributed by atoms with E-state index in [1.165, 1.54) is 13.2 Å². The Balaban J connectivity index is 1.29. The van der Waals surface area contributed by atoms with Gasteiger partial charge in [-0.3, -0.25) is 0 Å². The number of nitrogens with zero attached hydrogens (tertiary/aromatic N) is 4. The minimum atomic E-state index is -2.29. The molecule has 1 N–H and O–H groups in total. The molecule has 3 aromatic carbocycles. The van der Waals surface area contributed by atoms with Gasteiger partial charge in [-0.15, -0.1) is 5.54 Å². The number of amides is 1. The number of piperidine rings is 2. The van der Waals surface area contributed by atoms with Crippen LogP contribution in [-0.4, -0.2) is 92.0 Å². The molecule has 13 heteroatoms. The van der Waals surface area contributed by atoms with E-state index < -0.39 is 30.9 Å². The molecule has 65 heavy (non-hydrogen) atoms. The van der Waals surface area contributed by atoms with E-state index in [-0.39, 0.29) is 41.0 Å². The van der Waals surface area contributed by atoms with E-state index in [1.807, 2.05) is 44.7 Å². The SMILES string of the molecule is COCOc1cc(-c2ccc3c(N4CCCC(C)(O)C4)nc(OCC4(CC5CCN(C(=O)OC(C)(C)C)CC5)CC4)nc3c2F)c2c(C#C[Si](C(C)C)(C(C)C)C(C)C)c(F)ccc2c1. The van der Waals surface area contributed by atoms with Gasteiger partial charge in [0.2, 0.25) is 0 Å². The summed E-state index contributed by atoms with van der Waals surface area (Å²) in [6.45, 7) is 23.4. The Labute approximate surface area is 385 Å². The van der Waals surface area contributed by atoms with Gasteiger partial charge in [-0.05, 0) is 130 Å². The van der Waals surface area contributed by atoms with Crippen molar-refractivity contribution < 1.29 is 37.6 Å². The van der Waals surface area contributed by atoms with Crippen LogP contribution in [0.1, 0.15) is 120 Å². The number of aliphatic hydroxyl groups is 1. The van der Waals surface area contributed by atoms with Crippen molar-refractivity contribution in [1.29, 1.82) is 0 Å². The minimum Gasteiger partial charge on any atom is -0.468 e. The fourth-order valence-corrected chi connectivity index (χ4v) is 15.9. The Morgan fingerprint density at radius 3 is 2.25 bits per heavy atom. The molecule has 10 nitrogen and oxygen atoms in total. The lowest BCUT2D eigenvalue weighted by atomic mass is 9.86. The van der Waals surface area contributed by atoms with E-state index in [9.17, 15) is 9.90 Å². The Kier molecular flexibility index (Phi) is 14.2. The van der Waals surface area contributed by atoms with E-state index in [4.69, 9.17) is 28.9 Å². The number of fused-ring (bicyclic) bond motifs is 2. The van der Waals surface area contributed by atoms with E-state index in [2.05, 4.69) is 53.0 Å². The largest absolute Gasteiger partial charge is 0.468 e. The number of likely N-dealkylation sites (tertiary alicyclic amines) is 1. The van der Waals surface area contributed by atoms with Crippen molar-refractivity contribution in [2.24, 2.45) is 11.3 Å². The molecule has 2 aliphatic heterocycles. The van der Waals surface area contributed by atoms with Gasteiger partial charge in [0.05, 0.1) is 17.8 Å². The number of methoxy groups -OCH3 is 1. The number of aromatic nitrogens is 2. The van der Waals surface area contributed by atoms with Gasteiger partial charge in [-0.2, -0.15) is 9.97 Å². The van der Waals surface area contributed by atoms with Gasteiger partial charge in [0.25, 0.3) is 0 Å². The molecule has 1 atom stereocenters. The first-order valence-electron chi connectivity index (χ1n) is 23.7. The lowest BCUT2D eigenvalue weighted by Gasteiger charge is -2.38. The summed E-state index contributed by atoms with van der Waals surface area (Å²) in [5.41, 5.74) is 4.04. The summed E-state index contributed by atoms with van der Waals surface area (Å²) in [6.07, 6.45) is 5.83. The molecule has 3 aliphatic rings. The molecule has 1 saturated carbocycles. The average Bonchev–Trinajstić information content (AvgIpc) is 4.00. The molecule has 1 aromatic heterocycles. The summed E-state index contributed by atoms with van der Waals surface area (Å²) in [5.74, 6) is 3.64. The van der Waals surface area contributed by atoms with Crippen LogP contribution in [0.3, 0.4) is 0 Å². The van der Waals surface area contributed by atoms with E-state index in [0.29, 0.717) is 95.0 Å². The van der Waals surface area contributed by atoms with Crippen molar-refractivity contribution >= 4 is 41.7 Å². The first-order chi connectivity index (χ1) is 30.7. The van der Waals surface area contributed by atoms with E-state index >= 15 is 8.78 Å². The lowest BCUT2D eigenvalue weighted by Crippen LogP contribution is -2.46. The maximum Gasteiger partial charge on any atom is 0.410 e. The summed E-state index contributed by atoms with van der Waals surface area (Å²) in [4.78, 5) is 26.3. The lowest BCUT2D eigenvalue weighted by molar-refractivity contribution is 0.0168. The summed E-state index contributed by atoms with van der Waals surface area (Å²) in [5, 5.41) is 12.8. The number of rotatable bonds is 13. The number of hydrogen-bond acceptors (Lipinski definition) is 9. The molecule has 352 valence electrons. The van der Waals surface area contributed by atoms with Crippen molar-refractivity contribution in [2.75, 3.05) is 51.6 Å². The number of anilines is 1. The molecular formula is C52H70F2N4O6Si. The fourth-order valence-electron chi connectivity index (χ4n) is 10.7. The van der Waals surface area contributed by atoms with Crippen molar-refractivity contribution in [3.63, 3.8) is 0 Å². The zero-order valence-corrected chi connectivity index (χ0v) is 41.5. The van der Waals surface area contributed by atoms with Crippen molar-refractivity contribution in [2.45, 2.75) is 142 Å². The second-order valence-corrected chi connectivity index (χ2v) is 26.8. The monoisotopic (exact) mass is 913 g/mol. The number of hydrogen-bond donors (Lipinski definition) is 1. The summed E-state index contributed by atoms with van der Waals surface area (Å²) < 4.78 is 57.5. The van der Waals surface area contributed by atoms with Crippen LogP contribution in [0, 0.1) is 34.4 Å². The highest BCUT2D eigenvalue weighted by Gasteiger charge is 2.46. The van der Waals surface area contributed by atoms with Gasteiger partial charge < -0.3 is 33.9 Å². The van der Waals surface area contributed by atoms with Crippen LogP contribution in [0.4, 0.5) is 19.4 Å². The zero-order chi connectivity index (χ0) is 47.1. The van der Waals surface area contributed by atoms with Gasteiger partial charge >= 0.3 is 12.1 Å². The highest BCUT2D eigenvalue weighted by atomic mass is 28.3. The molecule has 3 fully saturated rings. The smallest absolute Gasteiger partial charge is 0.410 e. The third kappa shape index (κ3) is 10.6. The minimum absolute atomic E-state index is 0.0338. The first-order valence-corrected chi connectivity index (χ1v) is 25.9. The Morgan fingerprint density at radius 1 is 0.938 bits per heavy atom. The molecule has 0 bridgehead atoms. The molecule has 2 saturated heterocycles. The van der Waals surface area contributed by atoms with Crippen LogP contribution < -0.4 is 14.4 Å². The summed E-state index contributed by atoms with van der Waals surface area (Å²) in [7, 11) is -0.761. The molecule has 1 unspecified atom stereocenters. The van der Waals surface area contributed by atoms with Crippen LogP contribution >= 0.6 is 0 Å². The number of carbonyl (C=O) groups excluding carboxylic acids is 1. The molecule has 0 radical (unpaired) electrons. The predicted molar refractivity (Wildman–Crippen MR) is 257 cm³/mol. The predicted octanol–water partition coefficient (Wildman–Crippen LogP) is 11.8. The van der Waals surface area contributed by atoms with Gasteiger partial charge in [-0.1, -0.05) is 59.6 Å². The van der Waals surface area contributed by atoms with Crippen LogP contribution in [0.5, 0.6) is 11.8 Å². The molecule has 1 amide bonds. The summed E-state index contributed by atoms with van der Waals surface area (Å²) in [6, 6.07) is 10.2. The second-order valence-electron chi connectivity index (χ2n) is 21.3. The summed E-state index contributed by atoms with van der Waals surface area (Å²) >= 11 is 0. The van der Waals surface area contributed by atoms with E-state index in [1.54, 1.807) is 23.1 Å². The zero-order valence-electron chi connectivity index (χ0n) is 40.5. The fraction of sp³-hybridized carbons (Fsp3) is 0.596. The third-order valence-electron chi connectivity index (χ3n) is 14.1. The first kappa shape index (κ1) is 48.4. The van der Waals surface area contributed by atoms with E-state index in [0.717, 1.165) is 38.5 Å². The third-order valence-corrected chi connectivity index (χ3v) is 20.4. The number of β-amino-alcohol motifs (C(OH)–C–C–N with tert-alkyl or cyclic N) is 1. The highest BCUT2D eigenvalue weighted by molar-refractivity contribution is 6.90. The average molecular weight is 913 g/mol. The Bertz CT molecular complexity index is 2420. The Hall–Kier alpha value is -4.51. The van der Waals surface area contributed by atoms with Gasteiger partial charge in [0.15, 0.2) is 12.6 Å². The number of carbonyl (C=O) groups is 1. The molecule has 0 spiro atoms. The number of ether oxygens (including phenoxy) is 4. The molecule has 7 rings (SSSR count). The molecular weight excluding hydrogens is 843 g/mol. The maximum absolute atomic E-state index is 17.8. The maximum atomic E-state index is 17.8. The molecule has 3 heterocycles. The topological polar surface area (TPSA) is 106 Å². The van der Waals surface area contributed by atoms with Crippen LogP contribution in [0.2, 0.25) is 16.6 Å². The van der Waals surface area contributed by atoms with Crippen LogP contribution in [-0.2, 0) is 9.47 Å². The van der Waals surface area contributed by atoms with Gasteiger partial charge in [-0.25, -0.2) is 13.6 Å². The number of benzene rings is 3. The van der Waals surface area contributed by atoms with Gasteiger partial charge in [0, 0.05) is 55.0 Å². The normalized spacial score (nSPS) is 19.3. The van der Waals surface area contributed by atoms with Crippen molar-refractivity contribution in [1.82, 2.24) is 14.9 Å². The standard InChI is InChI=1S/C52H70F2N4O6Si/c1-33(2)65(34(3)4,35(5)6)26-19-40-43(53)16-13-37-27-38(63-32-61-11)28-42(44(37)40)39-14-15-41-46(45(39)54)55-48(56-47(41)58-23-12-20-51(10,60)30-58)62-31-52(21-22-52)29-36-17-24-57(25-18-36)49(59)64-50(7,8)9/h13-16,27-28,33-36,60H,12,17-18,20-25,29-32H2,1-11H3. The second kappa shape index (κ2) is 19.0. The van der Waals surface area contributed by atoms with Gasteiger partial charge in [0.1, 0.15) is 36.6 Å². The highest BCUT2D eigenvalue weighted by Crippen LogP contribution is 2.52. The molecule has 1 aliphatic carbocycles. The Morgan fingerprint density at radius 2 is 1.63 bits per heavy atom. The van der Waals surface area contributed by atoms with Crippen LogP contribution in [0.25, 0.3) is 32.8 Å². The van der Waals surface area contributed by atoms with Crippen molar-refractivity contribution in [3.05, 3.63) is 53.6 Å². The molecule has 4 aromatic rings. The van der Waals surface area contributed by atoms with Crippen LogP contribution in [0.15, 0.2) is 36.4 Å². The quantitative estimate of drug-likeness (QED) is 0.0797. The number of halogens is 2.